The molecule has 0 aliphatic carbocycles. The molecule has 6 heteroatoms. The molecule has 1 heterocycles. The Morgan fingerprint density at radius 2 is 1.95 bits per heavy atom. The molecule has 0 spiro atoms. The van der Waals surface area contributed by atoms with Crippen LogP contribution < -0.4 is 5.32 Å². The fraction of sp³-hybridized carbons (Fsp3) is 0.462. The van der Waals surface area contributed by atoms with Crippen molar-refractivity contribution in [2.24, 2.45) is 0 Å². The summed E-state index contributed by atoms with van der Waals surface area (Å²) < 4.78 is 27.8. The summed E-state index contributed by atoms with van der Waals surface area (Å²) in [7, 11) is 0. The maximum atomic E-state index is 13.8. The lowest BCUT2D eigenvalue weighted by atomic mass is 10.0. The molecule has 19 heavy (non-hydrogen) atoms. The molecule has 1 fully saturated rings. The van der Waals surface area contributed by atoms with E-state index in [4.69, 9.17) is 0 Å². The molecule has 1 N–H and O–H groups in total. The van der Waals surface area contributed by atoms with Gasteiger partial charge in [0.2, 0.25) is 0 Å². The van der Waals surface area contributed by atoms with Crippen LogP contribution in [-0.4, -0.2) is 36.0 Å². The average molecular weight is 333 g/mol. The number of piperazine rings is 1. The van der Waals surface area contributed by atoms with Gasteiger partial charge in [-0.05, 0) is 26.0 Å². The van der Waals surface area contributed by atoms with E-state index in [2.05, 4.69) is 21.2 Å². The third-order valence-electron chi connectivity index (χ3n) is 3.08. The minimum Gasteiger partial charge on any atom is -0.335 e. The van der Waals surface area contributed by atoms with Crippen LogP contribution in [0, 0.1) is 11.6 Å². The third-order valence-corrected chi connectivity index (χ3v) is 3.54. The van der Waals surface area contributed by atoms with Crippen LogP contribution in [0.2, 0.25) is 0 Å². The zero-order valence-corrected chi connectivity index (χ0v) is 12.4. The highest BCUT2D eigenvalue weighted by molar-refractivity contribution is 9.10. The number of halogens is 3. The predicted molar refractivity (Wildman–Crippen MR) is 72.0 cm³/mol. The highest BCUT2D eigenvalue weighted by atomic mass is 79.9. The Morgan fingerprint density at radius 1 is 1.37 bits per heavy atom. The third kappa shape index (κ3) is 3.12. The monoisotopic (exact) mass is 332 g/mol. The van der Waals surface area contributed by atoms with Crippen LogP contribution in [0.1, 0.15) is 24.2 Å². The van der Waals surface area contributed by atoms with Crippen LogP contribution in [0.4, 0.5) is 8.78 Å². The highest BCUT2D eigenvalue weighted by Gasteiger charge is 2.31. The van der Waals surface area contributed by atoms with E-state index in [9.17, 15) is 13.6 Å². The lowest BCUT2D eigenvalue weighted by molar-refractivity contribution is 0.0642. The number of amides is 1. The topological polar surface area (TPSA) is 32.3 Å². The summed E-state index contributed by atoms with van der Waals surface area (Å²) in [6, 6.07) is 2.20. The Labute approximate surface area is 119 Å². The van der Waals surface area contributed by atoms with Crippen molar-refractivity contribution >= 4 is 21.8 Å². The fourth-order valence-electron chi connectivity index (χ4n) is 2.22. The Bertz CT molecular complexity index is 496. The second kappa shape index (κ2) is 5.17. The number of carbonyl (C=O) groups is 1. The van der Waals surface area contributed by atoms with Gasteiger partial charge in [0.1, 0.15) is 17.2 Å². The molecular weight excluding hydrogens is 318 g/mol. The number of benzene rings is 1. The number of hydrogen-bond donors (Lipinski definition) is 1. The molecule has 1 aromatic rings. The van der Waals surface area contributed by atoms with Crippen molar-refractivity contribution in [1.29, 1.82) is 0 Å². The Kier molecular flexibility index (Phi) is 3.92. The van der Waals surface area contributed by atoms with Crippen molar-refractivity contribution in [3.63, 3.8) is 0 Å². The lowest BCUT2D eigenvalue weighted by Gasteiger charge is -2.39. The molecule has 0 saturated carbocycles. The van der Waals surface area contributed by atoms with Gasteiger partial charge >= 0.3 is 0 Å². The van der Waals surface area contributed by atoms with E-state index in [0.717, 1.165) is 12.1 Å². The fourth-order valence-corrected chi connectivity index (χ4v) is 2.62. The molecule has 0 aromatic heterocycles. The van der Waals surface area contributed by atoms with Crippen molar-refractivity contribution in [2.45, 2.75) is 19.4 Å². The maximum Gasteiger partial charge on any atom is 0.259 e. The Morgan fingerprint density at radius 3 is 2.47 bits per heavy atom. The summed E-state index contributed by atoms with van der Waals surface area (Å²) in [5, 5.41) is 3.24. The molecule has 1 aliphatic rings. The molecule has 0 unspecified atom stereocenters. The van der Waals surface area contributed by atoms with Crippen molar-refractivity contribution in [2.75, 3.05) is 19.6 Å². The molecule has 0 radical (unpaired) electrons. The van der Waals surface area contributed by atoms with E-state index in [-0.39, 0.29) is 10.0 Å². The van der Waals surface area contributed by atoms with Crippen LogP contribution in [0.25, 0.3) is 0 Å². The van der Waals surface area contributed by atoms with Crippen molar-refractivity contribution in [3.8, 4) is 0 Å². The molecular formula is C13H15BrF2N2O. The average Bonchev–Trinajstić information content (AvgIpc) is 2.25. The molecule has 1 saturated heterocycles. The standard InChI is InChI=1S/C13H15BrF2N2O/c1-13(2)7-18(4-3-17-13)12(19)11-9(15)5-8(14)6-10(11)16/h5-6,17H,3-4,7H2,1-2H3. The highest BCUT2D eigenvalue weighted by Crippen LogP contribution is 2.22. The summed E-state index contributed by atoms with van der Waals surface area (Å²) >= 11 is 3.00. The van der Waals surface area contributed by atoms with Gasteiger partial charge in [-0.15, -0.1) is 0 Å². The van der Waals surface area contributed by atoms with Crippen molar-refractivity contribution in [3.05, 3.63) is 33.8 Å². The molecule has 0 bridgehead atoms. The van der Waals surface area contributed by atoms with Crippen LogP contribution in [0.15, 0.2) is 16.6 Å². The first-order chi connectivity index (χ1) is 8.80. The number of carbonyl (C=O) groups excluding carboxylic acids is 1. The first-order valence-electron chi connectivity index (χ1n) is 5.99. The van der Waals surface area contributed by atoms with Gasteiger partial charge in [0, 0.05) is 29.6 Å². The summed E-state index contributed by atoms with van der Waals surface area (Å²) in [6.07, 6.45) is 0. The normalized spacial score (nSPS) is 18.5. The second-order valence-corrected chi connectivity index (χ2v) is 6.20. The van der Waals surface area contributed by atoms with Crippen molar-refractivity contribution < 1.29 is 13.6 Å². The van der Waals surface area contributed by atoms with Gasteiger partial charge in [-0.3, -0.25) is 4.79 Å². The summed E-state index contributed by atoms with van der Waals surface area (Å²) in [4.78, 5) is 13.7. The number of rotatable bonds is 1. The molecule has 2 rings (SSSR count). The predicted octanol–water partition coefficient (Wildman–Crippen LogP) is 2.55. The van der Waals surface area contributed by atoms with Gasteiger partial charge in [-0.1, -0.05) is 15.9 Å². The Balaban J connectivity index is 2.30. The van der Waals surface area contributed by atoms with Gasteiger partial charge in [-0.25, -0.2) is 8.78 Å². The van der Waals surface area contributed by atoms with Gasteiger partial charge in [-0.2, -0.15) is 0 Å². The smallest absolute Gasteiger partial charge is 0.259 e. The molecule has 1 aliphatic heterocycles. The largest absolute Gasteiger partial charge is 0.335 e. The number of nitrogens with zero attached hydrogens (tertiary/aromatic N) is 1. The van der Waals surface area contributed by atoms with Gasteiger partial charge < -0.3 is 10.2 Å². The van der Waals surface area contributed by atoms with E-state index < -0.39 is 23.1 Å². The molecule has 104 valence electrons. The zero-order valence-electron chi connectivity index (χ0n) is 10.8. The van der Waals surface area contributed by atoms with Crippen LogP contribution in [-0.2, 0) is 0 Å². The van der Waals surface area contributed by atoms with Crippen molar-refractivity contribution in [1.82, 2.24) is 10.2 Å². The van der Waals surface area contributed by atoms with Crippen LogP contribution in [0.5, 0.6) is 0 Å². The van der Waals surface area contributed by atoms with Gasteiger partial charge in [0.05, 0.1) is 0 Å². The summed E-state index contributed by atoms with van der Waals surface area (Å²) in [5.74, 6) is -2.28. The second-order valence-electron chi connectivity index (χ2n) is 5.28. The van der Waals surface area contributed by atoms with E-state index in [1.165, 1.54) is 4.90 Å². The summed E-state index contributed by atoms with van der Waals surface area (Å²) in [6.45, 7) is 5.36. The molecule has 3 nitrogen and oxygen atoms in total. The molecule has 0 atom stereocenters. The minimum absolute atomic E-state index is 0.254. The van der Waals surface area contributed by atoms with E-state index in [1.54, 1.807) is 0 Å². The minimum atomic E-state index is -0.840. The molecule has 1 aromatic carbocycles. The number of hydrogen-bond acceptors (Lipinski definition) is 2. The quantitative estimate of drug-likeness (QED) is 0.857. The van der Waals surface area contributed by atoms with Crippen LogP contribution in [0.3, 0.4) is 0 Å². The van der Waals surface area contributed by atoms with Crippen LogP contribution >= 0.6 is 15.9 Å². The Hall–Kier alpha value is -1.01. The van der Waals surface area contributed by atoms with E-state index >= 15 is 0 Å². The summed E-state index contributed by atoms with van der Waals surface area (Å²) in [5.41, 5.74) is -0.739. The first-order valence-corrected chi connectivity index (χ1v) is 6.78. The van der Waals surface area contributed by atoms with E-state index in [1.807, 2.05) is 13.8 Å². The number of nitrogens with one attached hydrogen (secondary N) is 1. The SMILES string of the molecule is CC1(C)CN(C(=O)c2c(F)cc(Br)cc2F)CCN1. The molecule has 1 amide bonds. The van der Waals surface area contributed by atoms with Gasteiger partial charge in [0.15, 0.2) is 0 Å². The van der Waals surface area contributed by atoms with E-state index in [0.29, 0.717) is 19.6 Å². The van der Waals surface area contributed by atoms with Gasteiger partial charge in [0.25, 0.3) is 5.91 Å². The lowest BCUT2D eigenvalue weighted by Crippen LogP contribution is -2.58. The maximum absolute atomic E-state index is 13.8. The first kappa shape index (κ1) is 14.4. The zero-order chi connectivity index (χ0) is 14.2.